The molecule has 0 radical (unpaired) electrons. The van der Waals surface area contributed by atoms with Gasteiger partial charge in [-0.2, -0.15) is 0 Å². The molecule has 0 aliphatic rings. The van der Waals surface area contributed by atoms with E-state index in [1.165, 1.54) is 0 Å². The van der Waals surface area contributed by atoms with E-state index in [0.717, 1.165) is 17.7 Å². The summed E-state index contributed by atoms with van der Waals surface area (Å²) >= 11 is 0. The minimum absolute atomic E-state index is 0.131. The summed E-state index contributed by atoms with van der Waals surface area (Å²) in [6, 6.07) is 7.71. The van der Waals surface area contributed by atoms with Gasteiger partial charge in [-0.1, -0.05) is 25.5 Å². The SMILES string of the molecule is CCCC(Cc1cccc(OC(C)C)c1)C(=O)O. The summed E-state index contributed by atoms with van der Waals surface area (Å²) < 4.78 is 5.61. The molecule has 18 heavy (non-hydrogen) atoms. The van der Waals surface area contributed by atoms with Crippen molar-refractivity contribution in [3.63, 3.8) is 0 Å². The van der Waals surface area contributed by atoms with Crippen molar-refractivity contribution in [1.29, 1.82) is 0 Å². The predicted octanol–water partition coefficient (Wildman–Crippen LogP) is 3.52. The van der Waals surface area contributed by atoms with Gasteiger partial charge in [-0.05, 0) is 44.4 Å². The Balaban J connectivity index is 2.73. The zero-order chi connectivity index (χ0) is 13.5. The molecule has 3 nitrogen and oxygen atoms in total. The molecular weight excluding hydrogens is 228 g/mol. The molecule has 1 unspecified atom stereocenters. The lowest BCUT2D eigenvalue weighted by Crippen LogP contribution is -2.16. The fourth-order valence-electron chi connectivity index (χ4n) is 1.96. The second kappa shape index (κ2) is 7.04. The van der Waals surface area contributed by atoms with Crippen molar-refractivity contribution in [3.05, 3.63) is 29.8 Å². The van der Waals surface area contributed by atoms with Crippen LogP contribution in [0.4, 0.5) is 0 Å². The molecule has 1 atom stereocenters. The van der Waals surface area contributed by atoms with Gasteiger partial charge in [0.25, 0.3) is 0 Å². The number of hydrogen-bond donors (Lipinski definition) is 1. The third kappa shape index (κ3) is 4.78. The van der Waals surface area contributed by atoms with Crippen LogP contribution in [0.15, 0.2) is 24.3 Å². The Labute approximate surface area is 109 Å². The van der Waals surface area contributed by atoms with Crippen LogP contribution in [0.2, 0.25) is 0 Å². The number of carboxylic acids is 1. The first kappa shape index (κ1) is 14.6. The molecule has 0 aromatic heterocycles. The number of rotatable bonds is 7. The lowest BCUT2D eigenvalue weighted by molar-refractivity contribution is -0.141. The Hall–Kier alpha value is -1.51. The number of carbonyl (C=O) groups is 1. The minimum atomic E-state index is -0.716. The topological polar surface area (TPSA) is 46.5 Å². The molecule has 0 bridgehead atoms. The summed E-state index contributed by atoms with van der Waals surface area (Å²) in [6.45, 7) is 5.96. The smallest absolute Gasteiger partial charge is 0.306 e. The van der Waals surface area contributed by atoms with E-state index in [4.69, 9.17) is 9.84 Å². The summed E-state index contributed by atoms with van der Waals surface area (Å²) in [7, 11) is 0. The van der Waals surface area contributed by atoms with E-state index in [9.17, 15) is 4.79 Å². The molecule has 0 spiro atoms. The van der Waals surface area contributed by atoms with Crippen molar-refractivity contribution in [2.75, 3.05) is 0 Å². The Kier molecular flexibility index (Phi) is 5.69. The van der Waals surface area contributed by atoms with E-state index in [2.05, 4.69) is 0 Å². The van der Waals surface area contributed by atoms with Crippen LogP contribution >= 0.6 is 0 Å². The molecule has 0 saturated heterocycles. The van der Waals surface area contributed by atoms with E-state index < -0.39 is 5.97 Å². The van der Waals surface area contributed by atoms with E-state index in [0.29, 0.717) is 12.8 Å². The van der Waals surface area contributed by atoms with Gasteiger partial charge in [-0.15, -0.1) is 0 Å². The lowest BCUT2D eigenvalue weighted by Gasteiger charge is -2.13. The van der Waals surface area contributed by atoms with Gasteiger partial charge in [0.15, 0.2) is 0 Å². The van der Waals surface area contributed by atoms with Crippen LogP contribution in [-0.2, 0) is 11.2 Å². The zero-order valence-electron chi connectivity index (χ0n) is 11.3. The second-order valence-corrected chi connectivity index (χ2v) is 4.84. The maximum Gasteiger partial charge on any atom is 0.306 e. The lowest BCUT2D eigenvalue weighted by atomic mass is 9.95. The van der Waals surface area contributed by atoms with Gasteiger partial charge in [0.05, 0.1) is 12.0 Å². The number of hydrogen-bond acceptors (Lipinski definition) is 2. The molecule has 0 aliphatic carbocycles. The molecule has 0 amide bonds. The van der Waals surface area contributed by atoms with E-state index in [1.54, 1.807) is 0 Å². The first-order valence-electron chi connectivity index (χ1n) is 6.51. The highest BCUT2D eigenvalue weighted by atomic mass is 16.5. The van der Waals surface area contributed by atoms with Crippen LogP contribution in [-0.4, -0.2) is 17.2 Å². The Morgan fingerprint density at radius 3 is 2.67 bits per heavy atom. The third-order valence-corrected chi connectivity index (χ3v) is 2.74. The standard InChI is InChI=1S/C15H22O3/c1-4-6-13(15(16)17)9-12-7-5-8-14(10-12)18-11(2)3/h5,7-8,10-11,13H,4,6,9H2,1-3H3,(H,16,17). The van der Waals surface area contributed by atoms with Gasteiger partial charge in [-0.3, -0.25) is 4.79 Å². The van der Waals surface area contributed by atoms with Crippen molar-refractivity contribution in [2.24, 2.45) is 5.92 Å². The average Bonchev–Trinajstić information content (AvgIpc) is 2.28. The van der Waals surface area contributed by atoms with Gasteiger partial charge in [-0.25, -0.2) is 0 Å². The van der Waals surface area contributed by atoms with Crippen molar-refractivity contribution < 1.29 is 14.6 Å². The number of ether oxygens (including phenoxy) is 1. The van der Waals surface area contributed by atoms with E-state index in [-0.39, 0.29) is 12.0 Å². The fraction of sp³-hybridized carbons (Fsp3) is 0.533. The molecule has 1 aromatic carbocycles. The van der Waals surface area contributed by atoms with Gasteiger partial charge in [0, 0.05) is 0 Å². The Morgan fingerprint density at radius 2 is 2.11 bits per heavy atom. The normalized spacial score (nSPS) is 12.4. The highest BCUT2D eigenvalue weighted by molar-refractivity contribution is 5.70. The Bertz CT molecular complexity index is 385. The first-order chi connectivity index (χ1) is 8.52. The average molecular weight is 250 g/mol. The zero-order valence-corrected chi connectivity index (χ0v) is 11.3. The predicted molar refractivity (Wildman–Crippen MR) is 71.9 cm³/mol. The first-order valence-corrected chi connectivity index (χ1v) is 6.51. The van der Waals surface area contributed by atoms with Crippen LogP contribution in [0.3, 0.4) is 0 Å². The minimum Gasteiger partial charge on any atom is -0.491 e. The summed E-state index contributed by atoms with van der Waals surface area (Å²) in [4.78, 5) is 11.1. The molecule has 3 heteroatoms. The molecule has 0 fully saturated rings. The molecule has 1 aromatic rings. The fourth-order valence-corrected chi connectivity index (χ4v) is 1.96. The summed E-state index contributed by atoms with van der Waals surface area (Å²) in [5.41, 5.74) is 1.02. The molecule has 1 rings (SSSR count). The molecule has 0 aliphatic heterocycles. The largest absolute Gasteiger partial charge is 0.491 e. The third-order valence-electron chi connectivity index (χ3n) is 2.74. The van der Waals surface area contributed by atoms with E-state index in [1.807, 2.05) is 45.0 Å². The highest BCUT2D eigenvalue weighted by Gasteiger charge is 2.17. The molecular formula is C15H22O3. The van der Waals surface area contributed by atoms with Crippen LogP contribution < -0.4 is 4.74 Å². The van der Waals surface area contributed by atoms with Crippen LogP contribution in [0.1, 0.15) is 39.2 Å². The maximum absolute atomic E-state index is 11.1. The van der Waals surface area contributed by atoms with Crippen molar-refractivity contribution in [3.8, 4) is 5.75 Å². The number of aliphatic carboxylic acids is 1. The van der Waals surface area contributed by atoms with Crippen molar-refractivity contribution in [2.45, 2.75) is 46.1 Å². The molecule has 100 valence electrons. The van der Waals surface area contributed by atoms with E-state index >= 15 is 0 Å². The van der Waals surface area contributed by atoms with Gasteiger partial charge >= 0.3 is 5.97 Å². The highest BCUT2D eigenvalue weighted by Crippen LogP contribution is 2.19. The summed E-state index contributed by atoms with van der Waals surface area (Å²) in [6.07, 6.45) is 2.30. The monoisotopic (exact) mass is 250 g/mol. The maximum atomic E-state index is 11.1. The van der Waals surface area contributed by atoms with Gasteiger partial charge < -0.3 is 9.84 Å². The molecule has 0 heterocycles. The summed E-state index contributed by atoms with van der Waals surface area (Å²) in [5.74, 6) is -0.209. The second-order valence-electron chi connectivity index (χ2n) is 4.84. The molecule has 0 saturated carbocycles. The Morgan fingerprint density at radius 1 is 1.39 bits per heavy atom. The van der Waals surface area contributed by atoms with Crippen molar-refractivity contribution >= 4 is 5.97 Å². The molecule has 1 N–H and O–H groups in total. The quantitative estimate of drug-likeness (QED) is 0.805. The van der Waals surface area contributed by atoms with Crippen LogP contribution in [0.5, 0.6) is 5.75 Å². The van der Waals surface area contributed by atoms with Crippen LogP contribution in [0, 0.1) is 5.92 Å². The number of carboxylic acid groups (broad SMARTS) is 1. The van der Waals surface area contributed by atoms with Crippen LogP contribution in [0.25, 0.3) is 0 Å². The van der Waals surface area contributed by atoms with Gasteiger partial charge in [0.2, 0.25) is 0 Å². The summed E-state index contributed by atoms with van der Waals surface area (Å²) in [5, 5.41) is 9.15. The van der Waals surface area contributed by atoms with Gasteiger partial charge in [0.1, 0.15) is 5.75 Å². The van der Waals surface area contributed by atoms with Crippen molar-refractivity contribution in [1.82, 2.24) is 0 Å². The number of benzene rings is 1.